The van der Waals surface area contributed by atoms with Gasteiger partial charge in [0.25, 0.3) is 17.2 Å². The predicted molar refractivity (Wildman–Crippen MR) is 107 cm³/mol. The number of pyridine rings is 1. The average molecular weight is 379 g/mol. The smallest absolute Gasteiger partial charge is 0.270 e. The summed E-state index contributed by atoms with van der Waals surface area (Å²) in [6.45, 7) is 5.74. The number of hydrogen-bond acceptors (Lipinski definition) is 4. The highest BCUT2D eigenvalue weighted by molar-refractivity contribution is 5.95. The Hall–Kier alpha value is -3.48. The molecule has 0 unspecified atom stereocenters. The molecule has 7 heteroatoms. The maximum atomic E-state index is 13.0. The van der Waals surface area contributed by atoms with E-state index in [1.807, 2.05) is 39.0 Å². The Bertz CT molecular complexity index is 1120. The van der Waals surface area contributed by atoms with Gasteiger partial charge in [-0.25, -0.2) is 0 Å². The zero-order valence-corrected chi connectivity index (χ0v) is 15.9. The molecule has 1 amide bonds. The van der Waals surface area contributed by atoms with E-state index in [1.165, 1.54) is 29.2 Å². The lowest BCUT2D eigenvalue weighted by Crippen LogP contribution is -2.38. The first-order chi connectivity index (χ1) is 13.3. The molecule has 0 aliphatic carbocycles. The highest BCUT2D eigenvalue weighted by atomic mass is 16.6. The molecular formula is C21H21N3O4. The summed E-state index contributed by atoms with van der Waals surface area (Å²) in [6.07, 6.45) is 0. The number of aromatic nitrogens is 1. The number of fused-ring (bicyclic) bond motifs is 1. The van der Waals surface area contributed by atoms with E-state index in [1.54, 1.807) is 6.07 Å². The van der Waals surface area contributed by atoms with Crippen LogP contribution in [0.5, 0.6) is 0 Å². The number of amides is 1. The van der Waals surface area contributed by atoms with E-state index in [4.69, 9.17) is 0 Å². The van der Waals surface area contributed by atoms with Crippen LogP contribution in [-0.4, -0.2) is 26.8 Å². The number of nitrogens with one attached hydrogen (secondary N) is 1. The zero-order valence-electron chi connectivity index (χ0n) is 15.9. The Labute approximate surface area is 161 Å². The topological polar surface area (TPSA) is 96.3 Å². The van der Waals surface area contributed by atoms with Crippen LogP contribution in [0.25, 0.3) is 10.9 Å². The minimum Gasteiger partial charge on any atom is -0.332 e. The van der Waals surface area contributed by atoms with E-state index in [2.05, 4.69) is 4.98 Å². The first kappa shape index (κ1) is 19.3. The monoisotopic (exact) mass is 379 g/mol. The second-order valence-corrected chi connectivity index (χ2v) is 7.05. The second kappa shape index (κ2) is 7.64. The molecule has 0 saturated heterocycles. The summed E-state index contributed by atoms with van der Waals surface area (Å²) in [7, 11) is 0. The van der Waals surface area contributed by atoms with Crippen molar-refractivity contribution in [1.82, 2.24) is 9.88 Å². The molecule has 1 N–H and O–H groups in total. The Balaban J connectivity index is 1.96. The van der Waals surface area contributed by atoms with Gasteiger partial charge in [0.05, 0.1) is 11.5 Å². The van der Waals surface area contributed by atoms with Crippen LogP contribution in [0.3, 0.4) is 0 Å². The first-order valence-corrected chi connectivity index (χ1v) is 8.94. The van der Waals surface area contributed by atoms with Crippen LogP contribution < -0.4 is 5.56 Å². The summed E-state index contributed by atoms with van der Waals surface area (Å²) in [5.41, 5.74) is 2.07. The van der Waals surface area contributed by atoms with Crippen LogP contribution in [0.15, 0.2) is 53.3 Å². The molecule has 0 atom stereocenters. The van der Waals surface area contributed by atoms with Crippen LogP contribution in [-0.2, 0) is 6.54 Å². The fourth-order valence-electron chi connectivity index (χ4n) is 3.07. The molecule has 2 aromatic carbocycles. The van der Waals surface area contributed by atoms with Crippen LogP contribution in [0.2, 0.25) is 0 Å². The maximum absolute atomic E-state index is 13.0. The zero-order chi connectivity index (χ0) is 20.4. The Kier molecular flexibility index (Phi) is 5.26. The molecule has 0 aliphatic heterocycles. The number of rotatable bonds is 5. The number of carbonyl (C=O) groups excluding carboxylic acids is 1. The van der Waals surface area contributed by atoms with Crippen molar-refractivity contribution in [3.63, 3.8) is 0 Å². The fraction of sp³-hybridized carbons (Fsp3) is 0.238. The van der Waals surface area contributed by atoms with Gasteiger partial charge in [-0.3, -0.25) is 19.7 Å². The van der Waals surface area contributed by atoms with Gasteiger partial charge in [-0.1, -0.05) is 18.2 Å². The first-order valence-electron chi connectivity index (χ1n) is 8.94. The molecule has 0 radical (unpaired) electrons. The van der Waals surface area contributed by atoms with E-state index in [-0.39, 0.29) is 35.3 Å². The Morgan fingerprint density at radius 2 is 1.93 bits per heavy atom. The molecule has 0 fully saturated rings. The number of H-pyrrole nitrogens is 1. The highest BCUT2D eigenvalue weighted by Gasteiger charge is 2.22. The van der Waals surface area contributed by atoms with Crippen molar-refractivity contribution < 1.29 is 9.72 Å². The Morgan fingerprint density at radius 3 is 2.61 bits per heavy atom. The van der Waals surface area contributed by atoms with Crippen LogP contribution in [0.4, 0.5) is 5.69 Å². The minimum atomic E-state index is -0.535. The van der Waals surface area contributed by atoms with Crippen molar-refractivity contribution in [1.29, 1.82) is 0 Å². The number of hydrogen-bond donors (Lipinski definition) is 1. The predicted octanol–water partition coefficient (Wildman–Crippen LogP) is 3.80. The lowest BCUT2D eigenvalue weighted by molar-refractivity contribution is -0.384. The van der Waals surface area contributed by atoms with E-state index in [9.17, 15) is 19.7 Å². The standard InChI is InChI=1S/C21H21N3O4/c1-13(2)23(21(26)16-5-4-6-18(11-16)24(27)28)12-17-10-15-8-7-14(3)9-19(15)22-20(17)25/h4-11,13H,12H2,1-3H3,(H,22,25). The van der Waals surface area contributed by atoms with Crippen molar-refractivity contribution in [2.75, 3.05) is 0 Å². The lowest BCUT2D eigenvalue weighted by atomic mass is 10.1. The van der Waals surface area contributed by atoms with Crippen LogP contribution in [0, 0.1) is 17.0 Å². The van der Waals surface area contributed by atoms with Crippen molar-refractivity contribution in [2.45, 2.75) is 33.4 Å². The third kappa shape index (κ3) is 3.93. The molecule has 0 spiro atoms. The Morgan fingerprint density at radius 1 is 1.18 bits per heavy atom. The quantitative estimate of drug-likeness (QED) is 0.539. The molecule has 0 saturated carbocycles. The van der Waals surface area contributed by atoms with E-state index >= 15 is 0 Å². The number of non-ortho nitro benzene ring substituents is 1. The molecule has 3 rings (SSSR count). The normalized spacial score (nSPS) is 11.0. The molecule has 0 bridgehead atoms. The van der Waals surface area contributed by atoms with Gasteiger partial charge in [-0.05, 0) is 49.9 Å². The van der Waals surface area contributed by atoms with Crippen molar-refractivity contribution in [3.05, 3.63) is 85.7 Å². The molecule has 7 nitrogen and oxygen atoms in total. The summed E-state index contributed by atoms with van der Waals surface area (Å²) in [5, 5.41) is 11.9. The average Bonchev–Trinajstić information content (AvgIpc) is 2.65. The number of aryl methyl sites for hydroxylation is 1. The lowest BCUT2D eigenvalue weighted by Gasteiger charge is -2.26. The summed E-state index contributed by atoms with van der Waals surface area (Å²) in [4.78, 5) is 40.4. The second-order valence-electron chi connectivity index (χ2n) is 7.05. The summed E-state index contributed by atoms with van der Waals surface area (Å²) in [5.74, 6) is -0.359. The third-order valence-electron chi connectivity index (χ3n) is 4.61. The van der Waals surface area contributed by atoms with E-state index in [0.717, 1.165) is 16.5 Å². The molecule has 3 aromatic rings. The van der Waals surface area contributed by atoms with Gasteiger partial charge in [-0.15, -0.1) is 0 Å². The molecule has 0 aliphatic rings. The van der Waals surface area contributed by atoms with Gasteiger partial charge in [0.2, 0.25) is 0 Å². The number of aromatic amines is 1. The van der Waals surface area contributed by atoms with Gasteiger partial charge < -0.3 is 9.88 Å². The van der Waals surface area contributed by atoms with Crippen molar-refractivity contribution in [2.24, 2.45) is 0 Å². The van der Waals surface area contributed by atoms with Gasteiger partial charge in [0.15, 0.2) is 0 Å². The molecule has 28 heavy (non-hydrogen) atoms. The molecular weight excluding hydrogens is 358 g/mol. The third-order valence-corrected chi connectivity index (χ3v) is 4.61. The van der Waals surface area contributed by atoms with Gasteiger partial charge in [-0.2, -0.15) is 0 Å². The van der Waals surface area contributed by atoms with E-state index in [0.29, 0.717) is 5.56 Å². The van der Waals surface area contributed by atoms with E-state index < -0.39 is 4.92 Å². The number of nitro benzene ring substituents is 1. The summed E-state index contributed by atoms with van der Waals surface area (Å²) < 4.78 is 0. The number of nitro groups is 1. The number of carbonyl (C=O) groups is 1. The highest BCUT2D eigenvalue weighted by Crippen LogP contribution is 2.19. The largest absolute Gasteiger partial charge is 0.332 e. The number of benzene rings is 2. The molecule has 1 aromatic heterocycles. The SMILES string of the molecule is Cc1ccc2cc(CN(C(=O)c3cccc([N+](=O)[O-])c3)C(C)C)c(=O)[nH]c2c1. The van der Waals surface area contributed by atoms with Crippen molar-refractivity contribution in [3.8, 4) is 0 Å². The van der Waals surface area contributed by atoms with Crippen molar-refractivity contribution >= 4 is 22.5 Å². The van der Waals surface area contributed by atoms with Gasteiger partial charge in [0.1, 0.15) is 0 Å². The summed E-state index contributed by atoms with van der Waals surface area (Å²) >= 11 is 0. The molecule has 144 valence electrons. The maximum Gasteiger partial charge on any atom is 0.270 e. The van der Waals surface area contributed by atoms with Crippen LogP contribution >= 0.6 is 0 Å². The summed E-state index contributed by atoms with van der Waals surface area (Å²) in [6, 6.07) is 13.0. The minimum absolute atomic E-state index is 0.109. The van der Waals surface area contributed by atoms with Crippen LogP contribution in [0.1, 0.15) is 35.3 Å². The van der Waals surface area contributed by atoms with Gasteiger partial charge in [0, 0.05) is 34.8 Å². The van der Waals surface area contributed by atoms with Gasteiger partial charge >= 0.3 is 0 Å². The number of nitrogens with zero attached hydrogens (tertiary/aromatic N) is 2. The molecule has 1 heterocycles. The fourth-order valence-corrected chi connectivity index (χ4v) is 3.07.